The molecular weight excluding hydrogens is 421 g/mol. The van der Waals surface area contributed by atoms with Gasteiger partial charge in [-0.3, -0.25) is 9.69 Å². The van der Waals surface area contributed by atoms with Gasteiger partial charge in [0.1, 0.15) is 11.5 Å². The highest BCUT2D eigenvalue weighted by atomic mass is 19.4. The molecule has 0 saturated carbocycles. The Morgan fingerprint density at radius 2 is 1.69 bits per heavy atom. The Hall–Kier alpha value is -2.74. The molecular formula is C24H29F3N2O3. The molecule has 0 aliphatic carbocycles. The summed E-state index contributed by atoms with van der Waals surface area (Å²) in [5.74, 6) is 1.65. The minimum Gasteiger partial charge on any atom is -0.497 e. The SMILES string of the molecule is COc1cc(CCC2CCN(CC(=O)Nc3ccccc3C(F)(F)F)CC2)cc(OC)c1. The summed E-state index contributed by atoms with van der Waals surface area (Å²) in [5, 5.41) is 2.42. The number of anilines is 1. The maximum atomic E-state index is 13.1. The lowest BCUT2D eigenvalue weighted by molar-refractivity contribution is -0.137. The summed E-state index contributed by atoms with van der Waals surface area (Å²) in [6.07, 6.45) is -0.668. The summed E-state index contributed by atoms with van der Waals surface area (Å²) in [6, 6.07) is 10.9. The van der Waals surface area contributed by atoms with Gasteiger partial charge in [-0.25, -0.2) is 0 Å². The van der Waals surface area contributed by atoms with Gasteiger partial charge >= 0.3 is 6.18 Å². The number of carbonyl (C=O) groups excluding carboxylic acids is 1. The fourth-order valence-corrected chi connectivity index (χ4v) is 4.05. The number of likely N-dealkylation sites (tertiary alicyclic amines) is 1. The molecule has 2 aromatic rings. The lowest BCUT2D eigenvalue weighted by atomic mass is 9.90. The number of rotatable bonds is 8. The number of nitrogens with zero attached hydrogens (tertiary/aromatic N) is 1. The van der Waals surface area contributed by atoms with E-state index in [2.05, 4.69) is 5.32 Å². The number of piperidine rings is 1. The number of hydrogen-bond acceptors (Lipinski definition) is 4. The Bertz CT molecular complexity index is 887. The van der Waals surface area contributed by atoms with Gasteiger partial charge in [-0.1, -0.05) is 12.1 Å². The molecule has 2 aromatic carbocycles. The summed E-state index contributed by atoms with van der Waals surface area (Å²) in [4.78, 5) is 14.3. The average Bonchev–Trinajstić information content (AvgIpc) is 2.78. The molecule has 0 aromatic heterocycles. The van der Waals surface area contributed by atoms with Gasteiger partial charge in [0, 0.05) is 6.07 Å². The van der Waals surface area contributed by atoms with Crippen LogP contribution < -0.4 is 14.8 Å². The molecule has 1 amide bonds. The zero-order chi connectivity index (χ0) is 23.1. The van der Waals surface area contributed by atoms with Gasteiger partial charge in [-0.2, -0.15) is 13.2 Å². The van der Waals surface area contributed by atoms with E-state index >= 15 is 0 Å². The molecule has 1 saturated heterocycles. The number of halogens is 3. The minimum atomic E-state index is -4.50. The highest BCUT2D eigenvalue weighted by Crippen LogP contribution is 2.34. The van der Waals surface area contributed by atoms with Crippen molar-refractivity contribution in [1.29, 1.82) is 0 Å². The van der Waals surface area contributed by atoms with E-state index in [1.54, 1.807) is 14.2 Å². The van der Waals surface area contributed by atoms with Crippen LogP contribution in [0.4, 0.5) is 18.9 Å². The Labute approximate surface area is 186 Å². The molecule has 1 fully saturated rings. The zero-order valence-electron chi connectivity index (χ0n) is 18.4. The Kier molecular flexibility index (Phi) is 8.01. The van der Waals surface area contributed by atoms with E-state index in [9.17, 15) is 18.0 Å². The van der Waals surface area contributed by atoms with Crippen LogP contribution in [-0.4, -0.2) is 44.7 Å². The van der Waals surface area contributed by atoms with E-state index in [-0.39, 0.29) is 12.2 Å². The lowest BCUT2D eigenvalue weighted by Gasteiger charge is -2.31. The van der Waals surface area contributed by atoms with Gasteiger partial charge in [0.05, 0.1) is 32.0 Å². The number of nitrogens with one attached hydrogen (secondary N) is 1. The summed E-state index contributed by atoms with van der Waals surface area (Å²) < 4.78 is 50.0. The molecule has 8 heteroatoms. The summed E-state index contributed by atoms with van der Waals surface area (Å²) in [6.45, 7) is 1.59. The van der Waals surface area contributed by atoms with Crippen molar-refractivity contribution in [1.82, 2.24) is 4.90 Å². The zero-order valence-corrected chi connectivity index (χ0v) is 18.4. The van der Waals surface area contributed by atoms with Crippen molar-refractivity contribution in [2.75, 3.05) is 39.2 Å². The summed E-state index contributed by atoms with van der Waals surface area (Å²) >= 11 is 0. The van der Waals surface area contributed by atoms with Crippen LogP contribution >= 0.6 is 0 Å². The summed E-state index contributed by atoms with van der Waals surface area (Å²) in [5.41, 5.74) is 0.126. The molecule has 0 atom stereocenters. The average molecular weight is 451 g/mol. The quantitative estimate of drug-likeness (QED) is 0.615. The molecule has 1 heterocycles. The Morgan fingerprint density at radius 3 is 2.28 bits per heavy atom. The third-order valence-electron chi connectivity index (χ3n) is 5.83. The molecule has 1 N–H and O–H groups in total. The highest BCUT2D eigenvalue weighted by molar-refractivity contribution is 5.93. The molecule has 3 rings (SSSR count). The number of alkyl halides is 3. The number of ether oxygens (including phenoxy) is 2. The fraction of sp³-hybridized carbons (Fsp3) is 0.458. The van der Waals surface area contributed by atoms with Gasteiger partial charge in [0.25, 0.3) is 0 Å². The molecule has 0 radical (unpaired) electrons. The topological polar surface area (TPSA) is 50.8 Å². The van der Waals surface area contributed by atoms with Crippen LogP contribution in [0.5, 0.6) is 11.5 Å². The van der Waals surface area contributed by atoms with Crippen molar-refractivity contribution in [2.24, 2.45) is 5.92 Å². The van der Waals surface area contributed by atoms with Crippen LogP contribution in [0.15, 0.2) is 42.5 Å². The first-order valence-electron chi connectivity index (χ1n) is 10.7. The van der Waals surface area contributed by atoms with E-state index in [0.29, 0.717) is 5.92 Å². The number of hydrogen-bond donors (Lipinski definition) is 1. The molecule has 0 spiro atoms. The van der Waals surface area contributed by atoms with E-state index < -0.39 is 17.6 Å². The summed E-state index contributed by atoms with van der Waals surface area (Å²) in [7, 11) is 3.26. The molecule has 1 aliphatic heterocycles. The molecule has 5 nitrogen and oxygen atoms in total. The number of aryl methyl sites for hydroxylation is 1. The first-order chi connectivity index (χ1) is 15.3. The van der Waals surface area contributed by atoms with Gasteiger partial charge in [-0.05, 0) is 74.5 Å². The highest BCUT2D eigenvalue weighted by Gasteiger charge is 2.33. The van der Waals surface area contributed by atoms with Crippen LogP contribution in [0.3, 0.4) is 0 Å². The maximum absolute atomic E-state index is 13.1. The Morgan fingerprint density at radius 1 is 1.06 bits per heavy atom. The molecule has 174 valence electrons. The number of methoxy groups -OCH3 is 2. The smallest absolute Gasteiger partial charge is 0.418 e. The standard InChI is InChI=1S/C24H29F3N2O3/c1-31-19-13-18(14-20(15-19)32-2)8-7-17-9-11-29(12-10-17)16-23(30)28-22-6-4-3-5-21(22)24(25,26)27/h3-6,13-15,17H,7-12,16H2,1-2H3,(H,28,30). The van der Waals surface area contributed by atoms with Crippen molar-refractivity contribution < 1.29 is 27.4 Å². The van der Waals surface area contributed by atoms with E-state index in [4.69, 9.17) is 9.47 Å². The first kappa shape index (κ1) is 23.9. The van der Waals surface area contributed by atoms with Crippen molar-refractivity contribution in [2.45, 2.75) is 31.9 Å². The lowest BCUT2D eigenvalue weighted by Crippen LogP contribution is -2.39. The largest absolute Gasteiger partial charge is 0.497 e. The predicted molar refractivity (Wildman–Crippen MR) is 117 cm³/mol. The molecule has 32 heavy (non-hydrogen) atoms. The number of amides is 1. The maximum Gasteiger partial charge on any atom is 0.418 e. The van der Waals surface area contributed by atoms with Gasteiger partial charge in [0.2, 0.25) is 5.91 Å². The third-order valence-corrected chi connectivity index (χ3v) is 5.83. The second-order valence-electron chi connectivity index (χ2n) is 8.07. The van der Waals surface area contributed by atoms with Crippen LogP contribution in [0, 0.1) is 5.92 Å². The first-order valence-corrected chi connectivity index (χ1v) is 10.7. The van der Waals surface area contributed by atoms with Crippen molar-refractivity contribution >= 4 is 11.6 Å². The van der Waals surface area contributed by atoms with Gasteiger partial charge in [0.15, 0.2) is 0 Å². The second kappa shape index (κ2) is 10.7. The van der Waals surface area contributed by atoms with Crippen LogP contribution in [0.1, 0.15) is 30.4 Å². The normalized spacial score (nSPS) is 15.4. The third kappa shape index (κ3) is 6.63. The van der Waals surface area contributed by atoms with Crippen molar-refractivity contribution in [3.05, 3.63) is 53.6 Å². The Balaban J connectivity index is 1.46. The molecule has 1 aliphatic rings. The van der Waals surface area contributed by atoms with E-state index in [1.165, 1.54) is 18.2 Å². The number of para-hydroxylation sites is 1. The fourth-order valence-electron chi connectivity index (χ4n) is 4.05. The van der Waals surface area contributed by atoms with Gasteiger partial charge < -0.3 is 14.8 Å². The van der Waals surface area contributed by atoms with Crippen LogP contribution in [0.25, 0.3) is 0 Å². The number of benzene rings is 2. The van der Waals surface area contributed by atoms with Crippen LogP contribution in [-0.2, 0) is 17.4 Å². The minimum absolute atomic E-state index is 0.0893. The molecule has 0 bridgehead atoms. The van der Waals surface area contributed by atoms with Crippen molar-refractivity contribution in [3.8, 4) is 11.5 Å². The number of carbonyl (C=O) groups is 1. The second-order valence-corrected chi connectivity index (χ2v) is 8.07. The van der Waals surface area contributed by atoms with Crippen molar-refractivity contribution in [3.63, 3.8) is 0 Å². The van der Waals surface area contributed by atoms with E-state index in [1.807, 2.05) is 23.1 Å². The van der Waals surface area contributed by atoms with Gasteiger partial charge in [-0.15, -0.1) is 0 Å². The predicted octanol–water partition coefficient (Wildman–Crippen LogP) is 5.01. The van der Waals surface area contributed by atoms with E-state index in [0.717, 1.165) is 61.9 Å². The van der Waals surface area contributed by atoms with Crippen LogP contribution in [0.2, 0.25) is 0 Å². The molecule has 0 unspecified atom stereocenters. The monoisotopic (exact) mass is 450 g/mol.